The van der Waals surface area contributed by atoms with Crippen LogP contribution in [0.2, 0.25) is 0 Å². The Bertz CT molecular complexity index is 397. The van der Waals surface area contributed by atoms with E-state index in [0.29, 0.717) is 6.04 Å². The minimum absolute atomic E-state index is 0.392. The lowest BCUT2D eigenvalue weighted by atomic mass is 10.1. The Kier molecular flexibility index (Phi) is 3.43. The number of para-hydroxylation sites is 1. The maximum atomic E-state index is 9.10. The molecule has 0 aromatic heterocycles. The molecule has 0 radical (unpaired) electrons. The van der Waals surface area contributed by atoms with Crippen molar-refractivity contribution in [2.75, 3.05) is 24.7 Å². The van der Waals surface area contributed by atoms with E-state index in [4.69, 9.17) is 10.00 Å². The Morgan fingerprint density at radius 3 is 3.06 bits per heavy atom. The molecule has 1 heterocycles. The topological polar surface area (TPSA) is 36.3 Å². The van der Waals surface area contributed by atoms with Gasteiger partial charge in [0, 0.05) is 6.54 Å². The summed E-state index contributed by atoms with van der Waals surface area (Å²) in [6, 6.07) is 10.4. The molecule has 1 aliphatic heterocycles. The van der Waals surface area contributed by atoms with Gasteiger partial charge in [0.1, 0.15) is 6.07 Å². The molecule has 1 fully saturated rings. The molecule has 1 aliphatic rings. The number of hydrogen-bond acceptors (Lipinski definition) is 3. The van der Waals surface area contributed by atoms with Crippen LogP contribution in [0.3, 0.4) is 0 Å². The highest BCUT2D eigenvalue weighted by atomic mass is 16.5. The van der Waals surface area contributed by atoms with Crippen LogP contribution in [-0.4, -0.2) is 25.8 Å². The smallest absolute Gasteiger partial charge is 0.101 e. The summed E-state index contributed by atoms with van der Waals surface area (Å²) in [5.41, 5.74) is 1.79. The van der Waals surface area contributed by atoms with Gasteiger partial charge in [0.2, 0.25) is 0 Å². The third kappa shape index (κ3) is 2.02. The quantitative estimate of drug-likeness (QED) is 0.760. The van der Waals surface area contributed by atoms with Gasteiger partial charge < -0.3 is 9.64 Å². The highest BCUT2D eigenvalue weighted by Crippen LogP contribution is 2.24. The van der Waals surface area contributed by atoms with Gasteiger partial charge in [-0.3, -0.25) is 0 Å². The molecule has 84 valence electrons. The normalized spacial score (nSPS) is 20.5. The number of anilines is 1. The van der Waals surface area contributed by atoms with Gasteiger partial charge in [0.15, 0.2) is 0 Å². The lowest BCUT2D eigenvalue weighted by Crippen LogP contribution is -2.45. The minimum Gasteiger partial charge on any atom is -0.377 e. The Labute approximate surface area is 96.2 Å². The highest BCUT2D eigenvalue weighted by Gasteiger charge is 2.23. The fourth-order valence-electron chi connectivity index (χ4n) is 2.13. The molecule has 0 saturated carbocycles. The SMILES string of the molecule is CCC1COCCN1c1ccccc1C#N. The fraction of sp³-hybridized carbons (Fsp3) is 0.462. The van der Waals surface area contributed by atoms with Crippen molar-refractivity contribution in [3.63, 3.8) is 0 Å². The van der Waals surface area contributed by atoms with Crippen LogP contribution in [0.1, 0.15) is 18.9 Å². The average Bonchev–Trinajstić information content (AvgIpc) is 2.38. The van der Waals surface area contributed by atoms with Crippen LogP contribution in [0.4, 0.5) is 5.69 Å². The Morgan fingerprint density at radius 2 is 2.31 bits per heavy atom. The maximum Gasteiger partial charge on any atom is 0.101 e. The van der Waals surface area contributed by atoms with Gasteiger partial charge in [-0.15, -0.1) is 0 Å². The van der Waals surface area contributed by atoms with Crippen molar-refractivity contribution in [3.8, 4) is 6.07 Å². The second-order valence-corrected chi connectivity index (χ2v) is 3.96. The van der Waals surface area contributed by atoms with Gasteiger partial charge in [-0.2, -0.15) is 5.26 Å². The molecule has 1 atom stereocenters. The molecule has 2 rings (SSSR count). The monoisotopic (exact) mass is 216 g/mol. The molecule has 0 bridgehead atoms. The molecule has 3 nitrogen and oxygen atoms in total. The van der Waals surface area contributed by atoms with Gasteiger partial charge in [-0.1, -0.05) is 19.1 Å². The summed E-state index contributed by atoms with van der Waals surface area (Å²) in [4.78, 5) is 2.29. The molecule has 1 unspecified atom stereocenters. The van der Waals surface area contributed by atoms with Crippen molar-refractivity contribution < 1.29 is 4.74 Å². The third-order valence-electron chi connectivity index (χ3n) is 3.03. The number of ether oxygens (including phenoxy) is 1. The molecule has 1 saturated heterocycles. The predicted molar refractivity (Wildman–Crippen MR) is 63.4 cm³/mol. The van der Waals surface area contributed by atoms with Gasteiger partial charge in [0.25, 0.3) is 0 Å². The zero-order valence-corrected chi connectivity index (χ0v) is 9.52. The highest BCUT2D eigenvalue weighted by molar-refractivity contribution is 5.60. The van der Waals surface area contributed by atoms with E-state index in [1.165, 1.54) is 0 Å². The van der Waals surface area contributed by atoms with E-state index in [0.717, 1.165) is 37.4 Å². The summed E-state index contributed by atoms with van der Waals surface area (Å²) >= 11 is 0. The molecule has 0 amide bonds. The van der Waals surface area contributed by atoms with Crippen molar-refractivity contribution >= 4 is 5.69 Å². The van der Waals surface area contributed by atoms with E-state index < -0.39 is 0 Å². The van der Waals surface area contributed by atoms with Crippen LogP contribution in [0, 0.1) is 11.3 Å². The van der Waals surface area contributed by atoms with Crippen LogP contribution in [0.25, 0.3) is 0 Å². The molecular weight excluding hydrogens is 200 g/mol. The van der Waals surface area contributed by atoms with Crippen molar-refractivity contribution in [3.05, 3.63) is 29.8 Å². The standard InChI is InChI=1S/C13H16N2O/c1-2-12-10-16-8-7-15(12)13-6-4-3-5-11(13)9-14/h3-6,12H,2,7-8,10H2,1H3. The number of benzene rings is 1. The number of rotatable bonds is 2. The number of morpholine rings is 1. The van der Waals surface area contributed by atoms with E-state index in [9.17, 15) is 0 Å². The molecule has 0 N–H and O–H groups in total. The first-order valence-electron chi connectivity index (χ1n) is 5.70. The Morgan fingerprint density at radius 1 is 1.50 bits per heavy atom. The molecule has 16 heavy (non-hydrogen) atoms. The Balaban J connectivity index is 2.31. The predicted octanol–water partition coefficient (Wildman–Crippen LogP) is 2.17. The lowest BCUT2D eigenvalue weighted by Gasteiger charge is -2.37. The number of nitrogens with zero attached hydrogens (tertiary/aromatic N) is 2. The molecule has 1 aromatic rings. The summed E-state index contributed by atoms with van der Waals surface area (Å²) in [7, 11) is 0. The first-order valence-corrected chi connectivity index (χ1v) is 5.70. The van der Waals surface area contributed by atoms with Crippen molar-refractivity contribution in [1.82, 2.24) is 0 Å². The third-order valence-corrected chi connectivity index (χ3v) is 3.03. The van der Waals surface area contributed by atoms with Gasteiger partial charge >= 0.3 is 0 Å². The average molecular weight is 216 g/mol. The van der Waals surface area contributed by atoms with E-state index in [1.807, 2.05) is 24.3 Å². The van der Waals surface area contributed by atoms with Crippen LogP contribution < -0.4 is 4.90 Å². The van der Waals surface area contributed by atoms with Gasteiger partial charge in [-0.25, -0.2) is 0 Å². The maximum absolute atomic E-state index is 9.10. The molecule has 0 spiro atoms. The second-order valence-electron chi connectivity index (χ2n) is 3.96. The van der Waals surface area contributed by atoms with E-state index in [-0.39, 0.29) is 0 Å². The summed E-state index contributed by atoms with van der Waals surface area (Å²) in [6.07, 6.45) is 1.04. The fourth-order valence-corrected chi connectivity index (χ4v) is 2.13. The van der Waals surface area contributed by atoms with E-state index >= 15 is 0 Å². The van der Waals surface area contributed by atoms with Crippen LogP contribution in [0.15, 0.2) is 24.3 Å². The summed E-state index contributed by atoms with van der Waals surface area (Å²) in [5.74, 6) is 0. The molecule has 3 heteroatoms. The number of hydrogen-bond donors (Lipinski definition) is 0. The summed E-state index contributed by atoms with van der Waals surface area (Å²) < 4.78 is 5.47. The van der Waals surface area contributed by atoms with Crippen molar-refractivity contribution in [2.24, 2.45) is 0 Å². The lowest BCUT2D eigenvalue weighted by molar-refractivity contribution is 0.0930. The van der Waals surface area contributed by atoms with Crippen molar-refractivity contribution in [2.45, 2.75) is 19.4 Å². The second kappa shape index (κ2) is 5.00. The molecule has 1 aromatic carbocycles. The van der Waals surface area contributed by atoms with Crippen LogP contribution in [-0.2, 0) is 4.74 Å². The zero-order chi connectivity index (χ0) is 11.4. The van der Waals surface area contributed by atoms with Crippen LogP contribution >= 0.6 is 0 Å². The Hall–Kier alpha value is -1.53. The largest absolute Gasteiger partial charge is 0.377 e. The van der Waals surface area contributed by atoms with Crippen molar-refractivity contribution in [1.29, 1.82) is 5.26 Å². The summed E-state index contributed by atoms with van der Waals surface area (Å²) in [5, 5.41) is 9.10. The van der Waals surface area contributed by atoms with Gasteiger partial charge in [0.05, 0.1) is 30.5 Å². The van der Waals surface area contributed by atoms with Crippen LogP contribution in [0.5, 0.6) is 0 Å². The van der Waals surface area contributed by atoms with Gasteiger partial charge in [-0.05, 0) is 18.6 Å². The first kappa shape index (κ1) is 11.0. The summed E-state index contributed by atoms with van der Waals surface area (Å²) in [6.45, 7) is 4.53. The first-order chi connectivity index (χ1) is 7.86. The minimum atomic E-state index is 0.392. The van der Waals surface area contributed by atoms with E-state index in [1.54, 1.807) is 0 Å². The number of nitriles is 1. The zero-order valence-electron chi connectivity index (χ0n) is 9.52. The molecular formula is C13H16N2O. The van der Waals surface area contributed by atoms with E-state index in [2.05, 4.69) is 17.9 Å². The molecule has 0 aliphatic carbocycles.